The van der Waals surface area contributed by atoms with Crippen molar-refractivity contribution in [2.45, 2.75) is 32.2 Å². The van der Waals surface area contributed by atoms with Crippen LogP contribution in [0.1, 0.15) is 36.5 Å². The Morgan fingerprint density at radius 3 is 2.95 bits per heavy atom. The summed E-state index contributed by atoms with van der Waals surface area (Å²) in [6.45, 7) is 4.02. The largest absolute Gasteiger partial charge is 0.491 e. The normalized spacial score (nSPS) is 16.5. The van der Waals surface area contributed by atoms with Crippen molar-refractivity contribution in [1.29, 1.82) is 0 Å². The van der Waals surface area contributed by atoms with Crippen molar-refractivity contribution < 1.29 is 9.53 Å². The number of benzene rings is 1. The molecule has 1 aromatic carbocycles. The zero-order valence-electron chi connectivity index (χ0n) is 11.5. The molecule has 4 heteroatoms. The van der Waals surface area contributed by atoms with Gasteiger partial charge < -0.3 is 15.4 Å². The molecule has 19 heavy (non-hydrogen) atoms. The summed E-state index contributed by atoms with van der Waals surface area (Å²) in [5.74, 6) is 0.777. The SMILES string of the molecule is CC(N)CCCCN1CCOc2ccccc2C1=O. The molecule has 0 aliphatic carbocycles. The molecule has 2 rings (SSSR count). The molecule has 0 saturated carbocycles. The molecule has 1 atom stereocenters. The Kier molecular flexibility index (Phi) is 4.80. The molecule has 1 aliphatic rings. The average Bonchev–Trinajstić information content (AvgIpc) is 2.55. The Hall–Kier alpha value is -1.55. The Morgan fingerprint density at radius 2 is 2.16 bits per heavy atom. The standard InChI is InChI=1S/C15H22N2O2/c1-12(16)6-4-5-9-17-10-11-19-14-8-3-2-7-13(14)15(17)18/h2-3,7-8,12H,4-6,9-11,16H2,1H3. The second kappa shape index (κ2) is 6.57. The predicted octanol–water partition coefficient (Wildman–Crippen LogP) is 2.04. The highest BCUT2D eigenvalue weighted by Crippen LogP contribution is 2.22. The number of hydrogen-bond donors (Lipinski definition) is 1. The van der Waals surface area contributed by atoms with Gasteiger partial charge in [0.25, 0.3) is 5.91 Å². The van der Waals surface area contributed by atoms with E-state index in [1.807, 2.05) is 36.1 Å². The molecule has 0 aromatic heterocycles. The summed E-state index contributed by atoms with van der Waals surface area (Å²) in [6, 6.07) is 7.69. The molecule has 0 saturated heterocycles. The highest BCUT2D eigenvalue weighted by atomic mass is 16.5. The van der Waals surface area contributed by atoms with Crippen molar-refractivity contribution in [2.75, 3.05) is 19.7 Å². The summed E-state index contributed by atoms with van der Waals surface area (Å²) in [5, 5.41) is 0. The van der Waals surface area contributed by atoms with Crippen molar-refractivity contribution in [3.8, 4) is 5.75 Å². The highest BCUT2D eigenvalue weighted by molar-refractivity contribution is 5.97. The van der Waals surface area contributed by atoms with E-state index in [-0.39, 0.29) is 11.9 Å². The van der Waals surface area contributed by atoms with Crippen LogP contribution in [-0.4, -0.2) is 36.5 Å². The Morgan fingerprint density at radius 1 is 1.37 bits per heavy atom. The number of rotatable bonds is 5. The number of unbranched alkanes of at least 4 members (excludes halogenated alkanes) is 1. The Labute approximate surface area is 114 Å². The molecule has 1 aliphatic heterocycles. The van der Waals surface area contributed by atoms with Crippen LogP contribution in [0.25, 0.3) is 0 Å². The fraction of sp³-hybridized carbons (Fsp3) is 0.533. The molecular formula is C15H22N2O2. The van der Waals surface area contributed by atoms with Gasteiger partial charge in [-0.15, -0.1) is 0 Å². The minimum Gasteiger partial charge on any atom is -0.491 e. The number of para-hydroxylation sites is 1. The molecule has 2 N–H and O–H groups in total. The number of ether oxygens (including phenoxy) is 1. The number of carbonyl (C=O) groups excluding carboxylic acids is 1. The Bertz CT molecular complexity index is 432. The maximum atomic E-state index is 12.4. The first-order valence-electron chi connectivity index (χ1n) is 6.95. The third-order valence-corrected chi connectivity index (χ3v) is 3.36. The van der Waals surface area contributed by atoms with E-state index >= 15 is 0 Å². The lowest BCUT2D eigenvalue weighted by Crippen LogP contribution is -2.33. The van der Waals surface area contributed by atoms with Crippen LogP contribution in [0.4, 0.5) is 0 Å². The van der Waals surface area contributed by atoms with Gasteiger partial charge in [0, 0.05) is 12.6 Å². The van der Waals surface area contributed by atoms with E-state index in [0.717, 1.165) is 25.8 Å². The Balaban J connectivity index is 1.94. The van der Waals surface area contributed by atoms with Gasteiger partial charge in [0.2, 0.25) is 0 Å². The average molecular weight is 262 g/mol. The summed E-state index contributed by atoms with van der Waals surface area (Å²) in [4.78, 5) is 14.3. The van der Waals surface area contributed by atoms with Crippen LogP contribution in [0.5, 0.6) is 5.75 Å². The van der Waals surface area contributed by atoms with Gasteiger partial charge in [-0.05, 0) is 31.9 Å². The van der Waals surface area contributed by atoms with Crippen molar-refractivity contribution in [3.63, 3.8) is 0 Å². The van der Waals surface area contributed by atoms with Crippen LogP contribution in [0.3, 0.4) is 0 Å². The molecule has 104 valence electrons. The topological polar surface area (TPSA) is 55.6 Å². The van der Waals surface area contributed by atoms with Gasteiger partial charge >= 0.3 is 0 Å². The third kappa shape index (κ3) is 3.70. The first-order valence-corrected chi connectivity index (χ1v) is 6.95. The number of fused-ring (bicyclic) bond motifs is 1. The molecule has 1 unspecified atom stereocenters. The van der Waals surface area contributed by atoms with Crippen LogP contribution in [0.15, 0.2) is 24.3 Å². The van der Waals surface area contributed by atoms with Gasteiger partial charge in [-0.25, -0.2) is 0 Å². The van der Waals surface area contributed by atoms with Crippen molar-refractivity contribution in [3.05, 3.63) is 29.8 Å². The van der Waals surface area contributed by atoms with Gasteiger partial charge in [0.1, 0.15) is 12.4 Å². The van der Waals surface area contributed by atoms with Crippen LogP contribution in [0, 0.1) is 0 Å². The van der Waals surface area contributed by atoms with E-state index in [4.69, 9.17) is 10.5 Å². The lowest BCUT2D eigenvalue weighted by Gasteiger charge is -2.20. The fourth-order valence-corrected chi connectivity index (χ4v) is 2.29. The zero-order chi connectivity index (χ0) is 13.7. The maximum Gasteiger partial charge on any atom is 0.257 e. The smallest absolute Gasteiger partial charge is 0.257 e. The van der Waals surface area contributed by atoms with Gasteiger partial charge in [-0.3, -0.25) is 4.79 Å². The first-order chi connectivity index (χ1) is 9.18. The zero-order valence-corrected chi connectivity index (χ0v) is 11.5. The summed E-state index contributed by atoms with van der Waals surface area (Å²) < 4.78 is 5.61. The van der Waals surface area contributed by atoms with Crippen LogP contribution in [0.2, 0.25) is 0 Å². The second-order valence-corrected chi connectivity index (χ2v) is 5.11. The number of nitrogens with zero attached hydrogens (tertiary/aromatic N) is 1. The van der Waals surface area contributed by atoms with Crippen LogP contribution >= 0.6 is 0 Å². The summed E-state index contributed by atoms with van der Waals surface area (Å²) in [5.41, 5.74) is 6.40. The minimum absolute atomic E-state index is 0.0777. The van der Waals surface area contributed by atoms with Crippen molar-refractivity contribution in [1.82, 2.24) is 4.90 Å². The molecule has 1 amide bonds. The van der Waals surface area contributed by atoms with Crippen molar-refractivity contribution in [2.24, 2.45) is 5.73 Å². The lowest BCUT2D eigenvalue weighted by molar-refractivity contribution is 0.0752. The summed E-state index contributed by atoms with van der Waals surface area (Å²) in [6.07, 6.45) is 3.06. The van der Waals surface area contributed by atoms with Gasteiger partial charge in [0.15, 0.2) is 0 Å². The summed E-state index contributed by atoms with van der Waals surface area (Å²) in [7, 11) is 0. The number of amides is 1. The predicted molar refractivity (Wildman–Crippen MR) is 75.3 cm³/mol. The quantitative estimate of drug-likeness (QED) is 0.826. The third-order valence-electron chi connectivity index (χ3n) is 3.36. The number of hydrogen-bond acceptors (Lipinski definition) is 3. The van der Waals surface area contributed by atoms with E-state index in [1.165, 1.54) is 0 Å². The molecule has 0 radical (unpaired) electrons. The summed E-state index contributed by atoms with van der Waals surface area (Å²) >= 11 is 0. The molecule has 1 heterocycles. The highest BCUT2D eigenvalue weighted by Gasteiger charge is 2.22. The number of nitrogens with two attached hydrogens (primary N) is 1. The van der Waals surface area contributed by atoms with E-state index in [9.17, 15) is 4.79 Å². The molecule has 4 nitrogen and oxygen atoms in total. The number of carbonyl (C=O) groups is 1. The van der Waals surface area contributed by atoms with Gasteiger partial charge in [-0.2, -0.15) is 0 Å². The van der Waals surface area contributed by atoms with E-state index in [2.05, 4.69) is 0 Å². The van der Waals surface area contributed by atoms with Gasteiger partial charge in [0.05, 0.1) is 12.1 Å². The molecule has 0 spiro atoms. The lowest BCUT2D eigenvalue weighted by atomic mass is 10.1. The molecule has 1 aromatic rings. The van der Waals surface area contributed by atoms with Gasteiger partial charge in [-0.1, -0.05) is 18.6 Å². The molecule has 0 bridgehead atoms. The second-order valence-electron chi connectivity index (χ2n) is 5.11. The van der Waals surface area contributed by atoms with E-state index in [1.54, 1.807) is 0 Å². The minimum atomic E-state index is 0.0777. The molecule has 0 fully saturated rings. The monoisotopic (exact) mass is 262 g/mol. The van der Waals surface area contributed by atoms with Crippen molar-refractivity contribution >= 4 is 5.91 Å². The van der Waals surface area contributed by atoms with Crippen LogP contribution < -0.4 is 10.5 Å². The fourth-order valence-electron chi connectivity index (χ4n) is 2.29. The van der Waals surface area contributed by atoms with E-state index < -0.39 is 0 Å². The first kappa shape index (κ1) is 13.9. The molecular weight excluding hydrogens is 240 g/mol. The van der Waals surface area contributed by atoms with Crippen LogP contribution in [-0.2, 0) is 0 Å². The van der Waals surface area contributed by atoms with E-state index in [0.29, 0.717) is 24.5 Å². The maximum absolute atomic E-state index is 12.4.